The second kappa shape index (κ2) is 7.62. The number of fused-ring (bicyclic) bond motifs is 1. The molecule has 0 bridgehead atoms. The molecule has 25 heavy (non-hydrogen) atoms. The average Bonchev–Trinajstić information content (AvgIpc) is 3.05. The maximum Gasteiger partial charge on any atom is 0.215 e. The Labute approximate surface area is 155 Å². The van der Waals surface area contributed by atoms with Crippen molar-refractivity contribution in [2.45, 2.75) is 32.4 Å². The molecule has 1 aliphatic carbocycles. The number of thioether (sulfide) groups is 1. The van der Waals surface area contributed by atoms with E-state index >= 15 is 0 Å². The molecule has 0 aromatic carbocycles. The van der Waals surface area contributed by atoms with Crippen molar-refractivity contribution >= 4 is 27.7 Å². The van der Waals surface area contributed by atoms with Gasteiger partial charge in [-0.25, -0.2) is 12.7 Å². The summed E-state index contributed by atoms with van der Waals surface area (Å²) in [6.45, 7) is 6.86. The molecule has 0 radical (unpaired) electrons. The normalized spacial score (nSPS) is 32.8. The van der Waals surface area contributed by atoms with Crippen molar-refractivity contribution in [2.75, 3.05) is 50.5 Å². The van der Waals surface area contributed by atoms with E-state index in [0.29, 0.717) is 43.7 Å². The third-order valence-corrected chi connectivity index (χ3v) is 8.45. The van der Waals surface area contributed by atoms with Gasteiger partial charge in [0.1, 0.15) is 0 Å². The highest BCUT2D eigenvalue weighted by molar-refractivity contribution is 7.99. The Morgan fingerprint density at radius 1 is 1.36 bits per heavy atom. The molecule has 7 nitrogen and oxygen atoms in total. The number of nitrogens with zero attached hydrogens (tertiary/aromatic N) is 2. The van der Waals surface area contributed by atoms with Gasteiger partial charge >= 0.3 is 0 Å². The van der Waals surface area contributed by atoms with Crippen LogP contribution in [0.15, 0.2) is 4.99 Å². The van der Waals surface area contributed by atoms with Gasteiger partial charge in [0.05, 0.1) is 11.9 Å². The van der Waals surface area contributed by atoms with Gasteiger partial charge in [-0.3, -0.25) is 4.99 Å². The van der Waals surface area contributed by atoms with Gasteiger partial charge in [-0.15, -0.1) is 0 Å². The summed E-state index contributed by atoms with van der Waals surface area (Å²) in [6.07, 6.45) is 1.39. The summed E-state index contributed by atoms with van der Waals surface area (Å²) in [5.74, 6) is 3.06. The van der Waals surface area contributed by atoms with Crippen LogP contribution in [0.2, 0.25) is 0 Å². The molecule has 0 spiro atoms. The molecule has 2 N–H and O–H groups in total. The van der Waals surface area contributed by atoms with Crippen molar-refractivity contribution in [1.29, 1.82) is 0 Å². The van der Waals surface area contributed by atoms with Crippen LogP contribution in [0.1, 0.15) is 20.3 Å². The first-order chi connectivity index (χ1) is 11.9. The predicted molar refractivity (Wildman–Crippen MR) is 103 cm³/mol. The summed E-state index contributed by atoms with van der Waals surface area (Å²) in [4.78, 5) is 4.26. The van der Waals surface area contributed by atoms with Crippen LogP contribution in [-0.4, -0.2) is 81.4 Å². The van der Waals surface area contributed by atoms with Gasteiger partial charge < -0.3 is 15.4 Å². The molecule has 3 unspecified atom stereocenters. The fraction of sp³-hybridized carbons (Fsp3) is 0.938. The number of nitrogens with one attached hydrogen (secondary N) is 2. The maximum atomic E-state index is 12.4. The lowest BCUT2D eigenvalue weighted by Crippen LogP contribution is -2.68. The summed E-state index contributed by atoms with van der Waals surface area (Å²) >= 11 is 1.81. The Kier molecular flexibility index (Phi) is 5.87. The molecule has 9 heteroatoms. The van der Waals surface area contributed by atoms with Crippen molar-refractivity contribution in [1.82, 2.24) is 14.9 Å². The highest BCUT2D eigenvalue weighted by Crippen LogP contribution is 2.52. The molecule has 0 aromatic heterocycles. The number of sulfonamides is 1. The van der Waals surface area contributed by atoms with Crippen molar-refractivity contribution in [3.05, 3.63) is 0 Å². The summed E-state index contributed by atoms with van der Waals surface area (Å²) in [5, 5.41) is 6.65. The van der Waals surface area contributed by atoms with Crippen LogP contribution in [0, 0.1) is 11.3 Å². The van der Waals surface area contributed by atoms with E-state index < -0.39 is 10.0 Å². The molecule has 3 fully saturated rings. The number of guanidine groups is 1. The molecular weight excluding hydrogens is 360 g/mol. The number of hydrogen-bond acceptors (Lipinski definition) is 5. The maximum absolute atomic E-state index is 12.4. The Hall–Kier alpha value is -0.510. The molecule has 144 valence electrons. The van der Waals surface area contributed by atoms with Gasteiger partial charge in [0.15, 0.2) is 5.96 Å². The molecule has 1 saturated carbocycles. The quantitative estimate of drug-likeness (QED) is 0.520. The number of ether oxygens (including phenoxy) is 1. The summed E-state index contributed by atoms with van der Waals surface area (Å²) < 4.78 is 32.2. The average molecular weight is 391 g/mol. The second-order valence-corrected chi connectivity index (χ2v) is 10.8. The molecule has 2 heterocycles. The van der Waals surface area contributed by atoms with Crippen LogP contribution in [-0.2, 0) is 14.8 Å². The zero-order valence-corrected chi connectivity index (χ0v) is 17.0. The Morgan fingerprint density at radius 2 is 2.08 bits per heavy atom. The minimum Gasteiger partial charge on any atom is -0.377 e. The highest BCUT2D eigenvalue weighted by Gasteiger charge is 2.59. The standard InChI is InChI=1S/C16H30N4O3S2/c1-16(2)13(12-4-8-23-14(12)16)19-15(17-3)18-5-11-25(21,22)20-6-9-24-10-7-20/h12-14H,4-11H2,1-3H3,(H2,17,18,19). The Bertz CT molecular complexity index is 603. The molecule has 2 saturated heterocycles. The Balaban J connectivity index is 1.48. The van der Waals surface area contributed by atoms with Crippen LogP contribution < -0.4 is 10.6 Å². The van der Waals surface area contributed by atoms with Crippen molar-refractivity contribution in [3.63, 3.8) is 0 Å². The van der Waals surface area contributed by atoms with E-state index in [9.17, 15) is 8.42 Å². The monoisotopic (exact) mass is 390 g/mol. The molecule has 0 aromatic rings. The number of aliphatic imine (C=N–C) groups is 1. The molecule has 3 atom stereocenters. The lowest BCUT2D eigenvalue weighted by molar-refractivity contribution is -0.106. The predicted octanol–water partition coefficient (Wildman–Crippen LogP) is 0.344. The van der Waals surface area contributed by atoms with Gasteiger partial charge in [-0.2, -0.15) is 11.8 Å². The van der Waals surface area contributed by atoms with Gasteiger partial charge in [-0.05, 0) is 6.42 Å². The first-order valence-corrected chi connectivity index (χ1v) is 11.8. The molecule has 2 aliphatic heterocycles. The second-order valence-electron chi connectivity index (χ2n) is 7.51. The minimum absolute atomic E-state index is 0.0658. The molecule has 3 rings (SSSR count). The third-order valence-electron chi connectivity index (χ3n) is 5.63. The first kappa shape index (κ1) is 19.3. The van der Waals surface area contributed by atoms with E-state index in [1.165, 1.54) is 0 Å². The molecular formula is C16H30N4O3S2. The third kappa shape index (κ3) is 3.94. The molecule has 0 amide bonds. The fourth-order valence-corrected chi connectivity index (χ4v) is 6.70. The van der Waals surface area contributed by atoms with Crippen molar-refractivity contribution in [3.8, 4) is 0 Å². The van der Waals surface area contributed by atoms with E-state index in [4.69, 9.17) is 4.74 Å². The van der Waals surface area contributed by atoms with Gasteiger partial charge in [0.2, 0.25) is 10.0 Å². The molecule has 3 aliphatic rings. The van der Waals surface area contributed by atoms with Crippen molar-refractivity contribution in [2.24, 2.45) is 16.3 Å². The minimum atomic E-state index is -3.19. The van der Waals surface area contributed by atoms with E-state index in [-0.39, 0.29) is 11.2 Å². The fourth-order valence-electron chi connectivity index (χ4n) is 4.21. The van der Waals surface area contributed by atoms with E-state index in [1.807, 2.05) is 11.8 Å². The van der Waals surface area contributed by atoms with Crippen LogP contribution in [0.5, 0.6) is 0 Å². The number of rotatable bonds is 5. The summed E-state index contributed by atoms with van der Waals surface area (Å²) in [7, 11) is -1.47. The number of hydrogen-bond donors (Lipinski definition) is 2. The van der Waals surface area contributed by atoms with E-state index in [0.717, 1.165) is 24.5 Å². The van der Waals surface area contributed by atoms with Crippen LogP contribution >= 0.6 is 11.8 Å². The topological polar surface area (TPSA) is 83.0 Å². The van der Waals surface area contributed by atoms with Gasteiger partial charge in [0.25, 0.3) is 0 Å². The van der Waals surface area contributed by atoms with Gasteiger partial charge in [-0.1, -0.05) is 13.8 Å². The van der Waals surface area contributed by atoms with Crippen LogP contribution in [0.3, 0.4) is 0 Å². The van der Waals surface area contributed by atoms with E-state index in [1.54, 1.807) is 11.4 Å². The summed E-state index contributed by atoms with van der Waals surface area (Å²) in [6, 6.07) is 0.307. The zero-order chi connectivity index (χ0) is 18.1. The first-order valence-electron chi connectivity index (χ1n) is 9.00. The lowest BCUT2D eigenvalue weighted by Gasteiger charge is -2.54. The van der Waals surface area contributed by atoms with E-state index in [2.05, 4.69) is 29.5 Å². The van der Waals surface area contributed by atoms with Crippen molar-refractivity contribution < 1.29 is 13.2 Å². The van der Waals surface area contributed by atoms with Crippen LogP contribution in [0.4, 0.5) is 0 Å². The Morgan fingerprint density at radius 3 is 2.76 bits per heavy atom. The largest absolute Gasteiger partial charge is 0.377 e. The van der Waals surface area contributed by atoms with Crippen LogP contribution in [0.25, 0.3) is 0 Å². The SMILES string of the molecule is CN=C(NCCS(=O)(=O)N1CCSCC1)NC1C2CCOC2C1(C)C. The highest BCUT2D eigenvalue weighted by atomic mass is 32.2. The lowest BCUT2D eigenvalue weighted by atomic mass is 9.57. The van der Waals surface area contributed by atoms with Gasteiger partial charge in [0, 0.05) is 62.2 Å². The smallest absolute Gasteiger partial charge is 0.215 e. The zero-order valence-electron chi connectivity index (χ0n) is 15.3. The summed E-state index contributed by atoms with van der Waals surface area (Å²) in [5.41, 5.74) is 0.0658.